The summed E-state index contributed by atoms with van der Waals surface area (Å²) in [7, 11) is 0. The van der Waals surface area contributed by atoms with Gasteiger partial charge in [0.1, 0.15) is 5.03 Å². The molecule has 2 aromatic rings. The first-order valence-electron chi connectivity index (χ1n) is 9.55. The summed E-state index contributed by atoms with van der Waals surface area (Å²) in [5.74, 6) is -2.21. The molecule has 158 valence electrons. The summed E-state index contributed by atoms with van der Waals surface area (Å²) in [6.45, 7) is 3.65. The third kappa shape index (κ3) is 4.98. The lowest BCUT2D eigenvalue weighted by molar-refractivity contribution is -0.118. The Morgan fingerprint density at radius 2 is 1.87 bits per heavy atom. The maximum atomic E-state index is 13.4. The van der Waals surface area contributed by atoms with E-state index in [1.807, 2.05) is 37.3 Å². The second-order valence-corrected chi connectivity index (χ2v) is 8.49. The Labute approximate surface area is 190 Å². The third-order valence-corrected chi connectivity index (χ3v) is 6.36. The number of nitrogens with zero attached hydrogens (tertiary/aromatic N) is 2. The first-order valence-corrected chi connectivity index (χ1v) is 10.9. The largest absolute Gasteiger partial charge is 0.369 e. The number of allylic oxidation sites excluding steroid dienone is 1. The molecular formula is C23H21ClN4O2S. The van der Waals surface area contributed by atoms with Crippen LogP contribution in [0.25, 0.3) is 0 Å². The number of amides is 2. The lowest BCUT2D eigenvalue weighted by atomic mass is 9.76. The molecule has 6 nitrogen and oxygen atoms in total. The number of nitrogens with one attached hydrogen (secondary N) is 1. The van der Waals surface area contributed by atoms with E-state index < -0.39 is 17.7 Å². The summed E-state index contributed by atoms with van der Waals surface area (Å²) in [6.07, 6.45) is 0. The Kier molecular flexibility index (Phi) is 7.16. The molecule has 8 heteroatoms. The van der Waals surface area contributed by atoms with E-state index in [1.165, 1.54) is 0 Å². The highest BCUT2D eigenvalue weighted by atomic mass is 35.5. The quantitative estimate of drug-likeness (QED) is 0.676. The Balaban J connectivity index is 2.09. The van der Waals surface area contributed by atoms with Gasteiger partial charge in [-0.05, 0) is 37.1 Å². The molecule has 0 aromatic heterocycles. The molecule has 0 aliphatic carbocycles. The van der Waals surface area contributed by atoms with Crippen molar-refractivity contribution in [1.29, 1.82) is 5.26 Å². The molecule has 1 unspecified atom stereocenters. The van der Waals surface area contributed by atoms with Gasteiger partial charge < -0.3 is 11.1 Å². The Hall–Kier alpha value is -3.08. The van der Waals surface area contributed by atoms with E-state index in [1.54, 1.807) is 25.1 Å². The van der Waals surface area contributed by atoms with Gasteiger partial charge in [-0.3, -0.25) is 9.59 Å². The fourth-order valence-electron chi connectivity index (χ4n) is 3.52. The molecule has 0 saturated heterocycles. The zero-order valence-corrected chi connectivity index (χ0v) is 18.6. The van der Waals surface area contributed by atoms with Crippen LogP contribution in [0, 0.1) is 24.2 Å². The standard InChI is InChI=1S/C23H21ClN4O2S/c1-13-7-3-6-10-18(13)28-22(30)20-14(2)27-23(31-12-19(26)29)16(11-25)21(20)15-8-4-5-9-17(15)24/h3-10,20-21H,12H2,1-2H3,(H2,26,29)(H,28,30)/t20?,21-/m0/s1. The van der Waals surface area contributed by atoms with Gasteiger partial charge in [0.25, 0.3) is 0 Å². The van der Waals surface area contributed by atoms with Crippen LogP contribution in [0.4, 0.5) is 5.69 Å². The Bertz CT molecular complexity index is 1140. The number of nitriles is 1. The van der Waals surface area contributed by atoms with E-state index in [0.29, 0.717) is 27.0 Å². The molecule has 0 fully saturated rings. The molecule has 0 radical (unpaired) electrons. The highest BCUT2D eigenvalue weighted by molar-refractivity contribution is 8.03. The van der Waals surface area contributed by atoms with E-state index in [9.17, 15) is 14.9 Å². The van der Waals surface area contributed by atoms with Gasteiger partial charge in [0, 0.05) is 22.3 Å². The minimum atomic E-state index is -0.743. The molecule has 2 aromatic carbocycles. The number of aryl methyl sites for hydroxylation is 1. The van der Waals surface area contributed by atoms with E-state index in [0.717, 1.165) is 17.3 Å². The van der Waals surface area contributed by atoms with E-state index >= 15 is 0 Å². The van der Waals surface area contributed by atoms with Crippen LogP contribution in [0.15, 0.2) is 64.1 Å². The van der Waals surface area contributed by atoms with Crippen LogP contribution in [0.3, 0.4) is 0 Å². The number of benzene rings is 2. The summed E-state index contributed by atoms with van der Waals surface area (Å²) in [5.41, 5.74) is 8.35. The maximum absolute atomic E-state index is 13.4. The van der Waals surface area contributed by atoms with Gasteiger partial charge in [-0.15, -0.1) is 0 Å². The number of thioether (sulfide) groups is 1. The van der Waals surface area contributed by atoms with Crippen molar-refractivity contribution in [3.63, 3.8) is 0 Å². The fraction of sp³-hybridized carbons (Fsp3) is 0.217. The number of nitrogens with two attached hydrogens (primary N) is 1. The number of halogens is 1. The average Bonchev–Trinajstić information content (AvgIpc) is 2.73. The highest BCUT2D eigenvalue weighted by Crippen LogP contribution is 2.44. The van der Waals surface area contributed by atoms with Crippen molar-refractivity contribution in [1.82, 2.24) is 0 Å². The van der Waals surface area contributed by atoms with Crippen LogP contribution in [0.5, 0.6) is 0 Å². The molecule has 3 rings (SSSR count). The van der Waals surface area contributed by atoms with Crippen LogP contribution in [0.2, 0.25) is 5.02 Å². The zero-order chi connectivity index (χ0) is 22.5. The Morgan fingerprint density at radius 3 is 2.52 bits per heavy atom. The van der Waals surface area contributed by atoms with Gasteiger partial charge in [0.05, 0.1) is 23.3 Å². The van der Waals surface area contributed by atoms with Crippen molar-refractivity contribution < 1.29 is 9.59 Å². The third-order valence-electron chi connectivity index (χ3n) is 5.00. The van der Waals surface area contributed by atoms with Gasteiger partial charge in [-0.1, -0.05) is 59.8 Å². The number of primary amides is 1. The molecule has 1 heterocycles. The molecule has 1 aliphatic rings. The van der Waals surface area contributed by atoms with Crippen LogP contribution in [-0.2, 0) is 9.59 Å². The molecule has 2 amide bonds. The van der Waals surface area contributed by atoms with E-state index in [4.69, 9.17) is 17.3 Å². The van der Waals surface area contributed by atoms with Crippen molar-refractivity contribution in [2.24, 2.45) is 16.6 Å². The molecule has 0 spiro atoms. The van der Waals surface area contributed by atoms with Crippen molar-refractivity contribution in [3.8, 4) is 6.07 Å². The van der Waals surface area contributed by atoms with Crippen LogP contribution < -0.4 is 11.1 Å². The number of rotatable bonds is 6. The number of para-hydroxylation sites is 1. The number of hydrogen-bond donors (Lipinski definition) is 2. The monoisotopic (exact) mass is 452 g/mol. The first kappa shape index (κ1) is 22.6. The topological polar surface area (TPSA) is 108 Å². The normalized spacial score (nSPS) is 18.2. The molecule has 2 atom stereocenters. The lowest BCUT2D eigenvalue weighted by Crippen LogP contribution is -2.36. The van der Waals surface area contributed by atoms with Crippen molar-refractivity contribution >= 4 is 46.6 Å². The minimum absolute atomic E-state index is 0.0212. The fourth-order valence-corrected chi connectivity index (χ4v) is 4.59. The summed E-state index contributed by atoms with van der Waals surface area (Å²) in [6, 6.07) is 16.8. The summed E-state index contributed by atoms with van der Waals surface area (Å²) < 4.78 is 0. The Morgan fingerprint density at radius 1 is 1.19 bits per heavy atom. The number of hydrogen-bond acceptors (Lipinski definition) is 5. The number of anilines is 1. The number of carbonyl (C=O) groups excluding carboxylic acids is 2. The van der Waals surface area contributed by atoms with Gasteiger partial charge in [-0.2, -0.15) is 5.26 Å². The summed E-state index contributed by atoms with van der Waals surface area (Å²) in [4.78, 5) is 29.2. The van der Waals surface area contributed by atoms with Crippen LogP contribution >= 0.6 is 23.4 Å². The second kappa shape index (κ2) is 9.82. The molecule has 0 saturated carbocycles. The second-order valence-electron chi connectivity index (χ2n) is 7.12. The molecule has 1 aliphatic heterocycles. The zero-order valence-electron chi connectivity index (χ0n) is 17.1. The van der Waals surface area contributed by atoms with Crippen LogP contribution in [-0.4, -0.2) is 23.3 Å². The van der Waals surface area contributed by atoms with E-state index in [2.05, 4.69) is 16.4 Å². The minimum Gasteiger partial charge on any atom is -0.369 e. The van der Waals surface area contributed by atoms with Crippen molar-refractivity contribution in [3.05, 3.63) is 75.3 Å². The average molecular weight is 453 g/mol. The van der Waals surface area contributed by atoms with Crippen LogP contribution in [0.1, 0.15) is 24.0 Å². The van der Waals surface area contributed by atoms with E-state index in [-0.39, 0.29) is 17.2 Å². The summed E-state index contributed by atoms with van der Waals surface area (Å²) in [5, 5.41) is 13.8. The predicted molar refractivity (Wildman–Crippen MR) is 125 cm³/mol. The van der Waals surface area contributed by atoms with Gasteiger partial charge >= 0.3 is 0 Å². The van der Waals surface area contributed by atoms with Crippen molar-refractivity contribution in [2.45, 2.75) is 19.8 Å². The number of aliphatic imine (C=N–C) groups is 1. The van der Waals surface area contributed by atoms with Gasteiger partial charge in [-0.25, -0.2) is 4.99 Å². The smallest absolute Gasteiger partial charge is 0.234 e. The maximum Gasteiger partial charge on any atom is 0.234 e. The predicted octanol–water partition coefficient (Wildman–Crippen LogP) is 4.42. The molecule has 3 N–H and O–H groups in total. The van der Waals surface area contributed by atoms with Crippen molar-refractivity contribution in [2.75, 3.05) is 11.1 Å². The number of carbonyl (C=O) groups is 2. The molecule has 0 bridgehead atoms. The summed E-state index contributed by atoms with van der Waals surface area (Å²) >= 11 is 7.56. The lowest BCUT2D eigenvalue weighted by Gasteiger charge is -2.31. The van der Waals surface area contributed by atoms with Gasteiger partial charge in [0.15, 0.2) is 0 Å². The SMILES string of the molecule is CC1=NC(SCC(N)=O)=C(C#N)[C@H](c2ccccc2Cl)C1C(=O)Nc1ccccc1C. The van der Waals surface area contributed by atoms with Gasteiger partial charge in [0.2, 0.25) is 11.8 Å². The first-order chi connectivity index (χ1) is 14.8. The highest BCUT2D eigenvalue weighted by Gasteiger charge is 2.40. The molecule has 31 heavy (non-hydrogen) atoms. The molecular weight excluding hydrogens is 432 g/mol.